The van der Waals surface area contributed by atoms with Gasteiger partial charge in [0.05, 0.1) is 27.0 Å². The van der Waals surface area contributed by atoms with E-state index in [-0.39, 0.29) is 5.92 Å². The number of nitrogens with zero attached hydrogens (tertiary/aromatic N) is 4. The van der Waals surface area contributed by atoms with E-state index in [0.717, 1.165) is 23.0 Å². The summed E-state index contributed by atoms with van der Waals surface area (Å²) < 4.78 is 18.5. The molecule has 142 valence electrons. The molecule has 0 aliphatic rings. The average Bonchev–Trinajstić information content (AvgIpc) is 3.07. The summed E-state index contributed by atoms with van der Waals surface area (Å²) in [4.78, 5) is 0. The predicted octanol–water partition coefficient (Wildman–Crippen LogP) is 3.81. The van der Waals surface area contributed by atoms with Crippen molar-refractivity contribution in [2.24, 2.45) is 5.10 Å². The van der Waals surface area contributed by atoms with Crippen LogP contribution in [0.4, 0.5) is 0 Å². The van der Waals surface area contributed by atoms with Crippen molar-refractivity contribution in [2.75, 3.05) is 27.1 Å². The van der Waals surface area contributed by atoms with E-state index in [9.17, 15) is 0 Å². The van der Waals surface area contributed by atoms with E-state index in [2.05, 4.69) is 36.1 Å². The third-order valence-electron chi connectivity index (χ3n) is 3.59. The maximum absolute atomic E-state index is 5.77. The van der Waals surface area contributed by atoms with Crippen LogP contribution in [-0.4, -0.2) is 48.2 Å². The van der Waals surface area contributed by atoms with Crippen molar-refractivity contribution in [1.82, 2.24) is 14.9 Å². The van der Waals surface area contributed by atoms with E-state index < -0.39 is 0 Å². The van der Waals surface area contributed by atoms with Crippen LogP contribution in [0.15, 0.2) is 22.4 Å². The lowest BCUT2D eigenvalue weighted by molar-refractivity contribution is 0.275. The Morgan fingerprint density at radius 2 is 1.85 bits per heavy atom. The minimum Gasteiger partial charge on any atom is -0.493 e. The zero-order valence-electron chi connectivity index (χ0n) is 16.1. The smallest absolute Gasteiger partial charge is 0.211 e. The molecule has 0 spiro atoms. The van der Waals surface area contributed by atoms with Gasteiger partial charge in [-0.2, -0.15) is 9.78 Å². The second-order valence-corrected chi connectivity index (χ2v) is 6.63. The van der Waals surface area contributed by atoms with Crippen LogP contribution in [0.2, 0.25) is 0 Å². The predicted molar refractivity (Wildman–Crippen MR) is 104 cm³/mol. The first kappa shape index (κ1) is 20.1. The molecule has 7 nitrogen and oxygen atoms in total. The molecule has 0 aliphatic carbocycles. The molecular weight excluding hydrogens is 352 g/mol. The number of aromatic nitrogens is 3. The molecule has 0 unspecified atom stereocenters. The van der Waals surface area contributed by atoms with Gasteiger partial charge in [-0.1, -0.05) is 32.5 Å². The van der Waals surface area contributed by atoms with Crippen molar-refractivity contribution < 1.29 is 14.2 Å². The molecule has 8 heteroatoms. The molecule has 2 aromatic rings. The maximum atomic E-state index is 5.77. The van der Waals surface area contributed by atoms with Gasteiger partial charge in [0.2, 0.25) is 10.9 Å². The van der Waals surface area contributed by atoms with Crippen molar-refractivity contribution in [3.63, 3.8) is 0 Å². The van der Waals surface area contributed by atoms with Gasteiger partial charge in [-0.05, 0) is 24.8 Å². The Labute approximate surface area is 158 Å². The highest BCUT2D eigenvalue weighted by Crippen LogP contribution is 2.38. The molecule has 2 rings (SSSR count). The van der Waals surface area contributed by atoms with Gasteiger partial charge in [-0.25, -0.2) is 0 Å². The number of benzene rings is 1. The Hall–Kier alpha value is -2.22. The standard InChI is InChI=1S/C18H26N4O3S/c1-7-8-25-16-14(23-4)9-13(10-15(16)24-5)11-19-22-17(12(2)3)20-21-18(22)26-6/h9-12H,7-8H2,1-6H3/b19-11-. The SMILES string of the molecule is CCCOc1c(OC)cc(/C=N\n2c(SC)nnc2C(C)C)cc1OC. The van der Waals surface area contributed by atoms with Gasteiger partial charge in [0.25, 0.3) is 0 Å². The first-order chi connectivity index (χ1) is 12.5. The Kier molecular flexibility index (Phi) is 7.32. The van der Waals surface area contributed by atoms with Crippen LogP contribution in [0.25, 0.3) is 0 Å². The Balaban J connectivity index is 2.41. The Bertz CT molecular complexity index is 734. The maximum Gasteiger partial charge on any atom is 0.211 e. The summed E-state index contributed by atoms with van der Waals surface area (Å²) in [5.74, 6) is 2.85. The molecule has 0 fully saturated rings. The number of hydrogen-bond donors (Lipinski definition) is 0. The normalized spacial score (nSPS) is 11.3. The van der Waals surface area contributed by atoms with Gasteiger partial charge in [0, 0.05) is 11.5 Å². The van der Waals surface area contributed by atoms with Gasteiger partial charge >= 0.3 is 0 Å². The molecule has 1 heterocycles. The zero-order valence-corrected chi connectivity index (χ0v) is 17.0. The summed E-state index contributed by atoms with van der Waals surface area (Å²) in [5.41, 5.74) is 0.831. The molecular formula is C18H26N4O3S. The summed E-state index contributed by atoms with van der Waals surface area (Å²) in [5, 5.41) is 13.7. The third-order valence-corrected chi connectivity index (χ3v) is 4.21. The van der Waals surface area contributed by atoms with Crippen molar-refractivity contribution in [3.05, 3.63) is 23.5 Å². The van der Waals surface area contributed by atoms with Crippen molar-refractivity contribution in [1.29, 1.82) is 0 Å². The minimum atomic E-state index is 0.217. The number of hydrogen-bond acceptors (Lipinski definition) is 7. The van der Waals surface area contributed by atoms with Gasteiger partial charge < -0.3 is 14.2 Å². The fourth-order valence-corrected chi connectivity index (χ4v) is 2.75. The quantitative estimate of drug-likeness (QED) is 0.488. The lowest BCUT2D eigenvalue weighted by Crippen LogP contribution is -2.03. The van der Waals surface area contributed by atoms with Crippen LogP contribution >= 0.6 is 11.8 Å². The van der Waals surface area contributed by atoms with Gasteiger partial charge in [0.1, 0.15) is 0 Å². The second-order valence-electron chi connectivity index (χ2n) is 5.86. The van der Waals surface area contributed by atoms with E-state index in [4.69, 9.17) is 14.2 Å². The topological polar surface area (TPSA) is 70.8 Å². The second kappa shape index (κ2) is 9.47. The van der Waals surface area contributed by atoms with E-state index in [1.54, 1.807) is 25.1 Å². The Morgan fingerprint density at radius 3 is 2.35 bits per heavy atom. The van der Waals surface area contributed by atoms with Crippen LogP contribution in [-0.2, 0) is 0 Å². The highest BCUT2D eigenvalue weighted by atomic mass is 32.2. The number of methoxy groups -OCH3 is 2. The van der Waals surface area contributed by atoms with Crippen LogP contribution in [0.3, 0.4) is 0 Å². The first-order valence-corrected chi connectivity index (χ1v) is 9.70. The number of rotatable bonds is 9. The molecule has 0 bridgehead atoms. The number of thioether (sulfide) groups is 1. The summed E-state index contributed by atoms with van der Waals surface area (Å²) in [7, 11) is 3.22. The molecule has 0 radical (unpaired) electrons. The van der Waals surface area contributed by atoms with Crippen LogP contribution in [0, 0.1) is 0 Å². The highest BCUT2D eigenvalue weighted by Gasteiger charge is 2.15. The lowest BCUT2D eigenvalue weighted by Gasteiger charge is -2.14. The zero-order chi connectivity index (χ0) is 19.1. The summed E-state index contributed by atoms with van der Waals surface area (Å²) in [6.07, 6.45) is 4.59. The number of ether oxygens (including phenoxy) is 3. The summed E-state index contributed by atoms with van der Waals surface area (Å²) in [6.45, 7) is 6.77. The van der Waals surface area contributed by atoms with E-state index >= 15 is 0 Å². The Morgan fingerprint density at radius 1 is 1.19 bits per heavy atom. The average molecular weight is 378 g/mol. The van der Waals surface area contributed by atoms with Crippen molar-refractivity contribution in [3.8, 4) is 17.2 Å². The molecule has 1 aromatic carbocycles. The van der Waals surface area contributed by atoms with Crippen LogP contribution < -0.4 is 14.2 Å². The van der Waals surface area contributed by atoms with Crippen LogP contribution in [0.1, 0.15) is 44.5 Å². The summed E-state index contributed by atoms with van der Waals surface area (Å²) >= 11 is 1.50. The lowest BCUT2D eigenvalue weighted by atomic mass is 10.2. The molecule has 1 aromatic heterocycles. The molecule has 26 heavy (non-hydrogen) atoms. The molecule has 0 N–H and O–H groups in total. The largest absolute Gasteiger partial charge is 0.493 e. The van der Waals surface area contributed by atoms with Gasteiger partial charge in [-0.15, -0.1) is 10.2 Å². The van der Waals surface area contributed by atoms with Gasteiger partial charge in [-0.3, -0.25) is 0 Å². The first-order valence-electron chi connectivity index (χ1n) is 8.48. The summed E-state index contributed by atoms with van der Waals surface area (Å²) in [6, 6.07) is 3.74. The highest BCUT2D eigenvalue weighted by molar-refractivity contribution is 7.98. The minimum absolute atomic E-state index is 0.217. The fraction of sp³-hybridized carbons (Fsp3) is 0.500. The molecule has 0 atom stereocenters. The monoisotopic (exact) mass is 378 g/mol. The molecule has 0 amide bonds. The third kappa shape index (κ3) is 4.49. The van der Waals surface area contributed by atoms with E-state index in [1.807, 2.05) is 18.4 Å². The van der Waals surface area contributed by atoms with E-state index in [1.165, 1.54) is 11.8 Å². The molecule has 0 saturated heterocycles. The van der Waals surface area contributed by atoms with Gasteiger partial charge in [0.15, 0.2) is 17.3 Å². The van der Waals surface area contributed by atoms with Crippen LogP contribution in [0.5, 0.6) is 17.2 Å². The van der Waals surface area contributed by atoms with Crippen molar-refractivity contribution >= 4 is 18.0 Å². The van der Waals surface area contributed by atoms with E-state index in [0.29, 0.717) is 23.9 Å². The van der Waals surface area contributed by atoms with Crippen molar-refractivity contribution in [2.45, 2.75) is 38.3 Å². The fourth-order valence-electron chi connectivity index (χ4n) is 2.32. The molecule has 0 saturated carbocycles. The molecule has 0 aliphatic heterocycles.